The van der Waals surface area contributed by atoms with Gasteiger partial charge in [0.25, 0.3) is 0 Å². The van der Waals surface area contributed by atoms with Gasteiger partial charge in [0.2, 0.25) is 0 Å². The van der Waals surface area contributed by atoms with Crippen molar-refractivity contribution in [3.8, 4) is 0 Å². The Labute approximate surface area is 112 Å². The summed E-state index contributed by atoms with van der Waals surface area (Å²) < 4.78 is 0. The quantitative estimate of drug-likeness (QED) is 0.239. The molecule has 2 atom stereocenters. The summed E-state index contributed by atoms with van der Waals surface area (Å²) in [6.07, 6.45) is -1.38. The van der Waals surface area contributed by atoms with Gasteiger partial charge in [0.05, 0.1) is 11.6 Å². The SMILES string of the molecule is CC(=O)C(C(=O)O)C(O)(CC(=O)O)C(=O)O.N=C=S. The van der Waals surface area contributed by atoms with Crippen molar-refractivity contribution in [3.63, 3.8) is 0 Å². The van der Waals surface area contributed by atoms with Crippen molar-refractivity contribution in [2.45, 2.75) is 18.9 Å². The van der Waals surface area contributed by atoms with Crippen LogP contribution >= 0.6 is 12.2 Å². The summed E-state index contributed by atoms with van der Waals surface area (Å²) in [4.78, 5) is 42.6. The molecule has 0 fully saturated rings. The van der Waals surface area contributed by atoms with E-state index in [1.54, 1.807) is 5.16 Å². The predicted molar refractivity (Wildman–Crippen MR) is 62.0 cm³/mol. The Balaban J connectivity index is 0. The number of carboxylic acids is 3. The Morgan fingerprint density at radius 1 is 1.26 bits per heavy atom. The lowest BCUT2D eigenvalue weighted by Crippen LogP contribution is -2.53. The minimum absolute atomic E-state index is 0.758. The standard InChI is InChI=1S/C8H10O8.CHNS/c1-3(9)5(6(12)13)8(16,7(14)15)2-4(10)11;2-1-3/h5,16H,2H2,1H3,(H,10,11)(H,12,13)(H,14,15);2H. The molecule has 9 nitrogen and oxygen atoms in total. The van der Waals surface area contributed by atoms with Crippen LogP contribution in [0, 0.1) is 11.3 Å². The van der Waals surface area contributed by atoms with Crippen molar-refractivity contribution in [2.24, 2.45) is 5.92 Å². The Morgan fingerprint density at radius 3 is 1.79 bits per heavy atom. The molecule has 5 N–H and O–H groups in total. The normalized spacial score (nSPS) is 13.8. The lowest BCUT2D eigenvalue weighted by Gasteiger charge is -2.26. The lowest BCUT2D eigenvalue weighted by molar-refractivity contribution is -0.180. The monoisotopic (exact) mass is 293 g/mol. The molecule has 0 rings (SSSR count). The lowest BCUT2D eigenvalue weighted by atomic mass is 9.82. The van der Waals surface area contributed by atoms with E-state index in [0.29, 0.717) is 0 Å². The van der Waals surface area contributed by atoms with E-state index in [1.807, 2.05) is 0 Å². The van der Waals surface area contributed by atoms with Gasteiger partial charge in [-0.15, -0.1) is 0 Å². The second kappa shape index (κ2) is 8.03. The molecule has 0 bridgehead atoms. The van der Waals surface area contributed by atoms with Gasteiger partial charge in [0.15, 0.2) is 11.5 Å². The van der Waals surface area contributed by atoms with E-state index in [-0.39, 0.29) is 0 Å². The summed E-state index contributed by atoms with van der Waals surface area (Å²) in [5.74, 6) is -9.15. The number of carboxylic acid groups (broad SMARTS) is 3. The fraction of sp³-hybridized carbons (Fsp3) is 0.444. The van der Waals surface area contributed by atoms with Gasteiger partial charge in [-0.25, -0.2) is 10.2 Å². The Morgan fingerprint density at radius 2 is 1.63 bits per heavy atom. The summed E-state index contributed by atoms with van der Waals surface area (Å²) in [6.45, 7) is 0.758. The molecule has 2 unspecified atom stereocenters. The number of aliphatic hydroxyl groups is 1. The van der Waals surface area contributed by atoms with E-state index in [9.17, 15) is 24.3 Å². The van der Waals surface area contributed by atoms with Crippen molar-refractivity contribution < 1.29 is 39.6 Å². The van der Waals surface area contributed by atoms with Crippen LogP contribution in [0.1, 0.15) is 13.3 Å². The van der Waals surface area contributed by atoms with E-state index in [2.05, 4.69) is 12.2 Å². The highest BCUT2D eigenvalue weighted by atomic mass is 32.1. The first-order valence-electron chi connectivity index (χ1n) is 4.49. The molecule has 0 saturated heterocycles. The minimum Gasteiger partial charge on any atom is -0.481 e. The number of hydrogen-bond donors (Lipinski definition) is 5. The van der Waals surface area contributed by atoms with Crippen LogP contribution in [0.25, 0.3) is 0 Å². The molecule has 0 heterocycles. The maximum atomic E-state index is 10.9. The number of Topliss-reactive ketones (excluding diaryl/α,β-unsaturated/α-hetero) is 1. The number of thiocarbonyl (C=S) groups is 1. The maximum absolute atomic E-state index is 10.9. The van der Waals surface area contributed by atoms with E-state index < -0.39 is 41.6 Å². The smallest absolute Gasteiger partial charge is 0.337 e. The van der Waals surface area contributed by atoms with Crippen LogP contribution in [0.5, 0.6) is 0 Å². The summed E-state index contributed by atoms with van der Waals surface area (Å²) in [5, 5.41) is 42.4. The highest BCUT2D eigenvalue weighted by Crippen LogP contribution is 2.24. The van der Waals surface area contributed by atoms with Crippen LogP contribution in [0.15, 0.2) is 0 Å². The van der Waals surface area contributed by atoms with Gasteiger partial charge in [-0.05, 0) is 19.1 Å². The number of hydrogen-bond acceptors (Lipinski definition) is 7. The van der Waals surface area contributed by atoms with Crippen LogP contribution in [0.4, 0.5) is 0 Å². The second-order valence-electron chi connectivity index (χ2n) is 3.28. The molecule has 19 heavy (non-hydrogen) atoms. The Hall–Kier alpha value is -2.16. The molecule has 0 aliphatic rings. The molecule has 0 aliphatic heterocycles. The van der Waals surface area contributed by atoms with Crippen LogP contribution in [-0.4, -0.2) is 54.9 Å². The minimum atomic E-state index is -3.15. The van der Waals surface area contributed by atoms with Crippen molar-refractivity contribution in [3.05, 3.63) is 0 Å². The summed E-state index contributed by atoms with van der Waals surface area (Å²) in [7, 11) is 0. The largest absolute Gasteiger partial charge is 0.481 e. The van der Waals surface area contributed by atoms with Gasteiger partial charge in [0, 0.05) is 0 Å². The molecule has 0 spiro atoms. The first-order valence-corrected chi connectivity index (χ1v) is 4.90. The third-order valence-corrected chi connectivity index (χ3v) is 1.92. The number of nitrogens with one attached hydrogen (secondary N) is 1. The molecule has 10 heteroatoms. The Kier molecular flexibility index (Phi) is 8.11. The molecule has 0 aromatic heterocycles. The molecule has 0 aromatic rings. The van der Waals surface area contributed by atoms with E-state index in [1.165, 1.54) is 0 Å². The average Bonchev–Trinajstić information content (AvgIpc) is 2.15. The molecule has 106 valence electrons. The number of aliphatic carboxylic acids is 3. The molecule has 0 aliphatic carbocycles. The molecule has 0 saturated carbocycles. The van der Waals surface area contributed by atoms with Crippen LogP contribution < -0.4 is 0 Å². The zero-order valence-electron chi connectivity index (χ0n) is 9.61. The molecule has 0 radical (unpaired) electrons. The number of carbonyl (C=O) groups excluding carboxylic acids is 1. The predicted octanol–water partition coefficient (Wildman–Crippen LogP) is -0.765. The highest BCUT2D eigenvalue weighted by molar-refractivity contribution is 7.78. The van der Waals surface area contributed by atoms with E-state index >= 15 is 0 Å². The van der Waals surface area contributed by atoms with Gasteiger partial charge >= 0.3 is 17.9 Å². The van der Waals surface area contributed by atoms with Crippen molar-refractivity contribution >= 4 is 41.1 Å². The zero-order chi connectivity index (χ0) is 15.8. The number of ketones is 1. The van der Waals surface area contributed by atoms with Crippen LogP contribution in [0.3, 0.4) is 0 Å². The fourth-order valence-electron chi connectivity index (χ4n) is 1.25. The third kappa shape index (κ3) is 5.82. The topological polar surface area (TPSA) is 173 Å². The van der Waals surface area contributed by atoms with Gasteiger partial charge < -0.3 is 20.4 Å². The highest BCUT2D eigenvalue weighted by Gasteiger charge is 2.52. The number of carbonyl (C=O) groups is 4. The third-order valence-electron chi connectivity index (χ3n) is 1.92. The Bertz CT molecular complexity index is 414. The van der Waals surface area contributed by atoms with E-state index in [4.69, 9.17) is 20.7 Å². The van der Waals surface area contributed by atoms with Gasteiger partial charge in [-0.3, -0.25) is 14.4 Å². The molecule has 0 aromatic carbocycles. The summed E-state index contributed by atoms with van der Waals surface area (Å²) in [6, 6.07) is 0. The molecular weight excluding hydrogens is 282 g/mol. The van der Waals surface area contributed by atoms with Crippen molar-refractivity contribution in [1.82, 2.24) is 0 Å². The summed E-state index contributed by atoms with van der Waals surface area (Å²) in [5.41, 5.74) is -3.15. The molecular formula is C9H11NO8S. The average molecular weight is 293 g/mol. The van der Waals surface area contributed by atoms with Crippen LogP contribution in [-0.2, 0) is 19.2 Å². The van der Waals surface area contributed by atoms with Crippen molar-refractivity contribution in [2.75, 3.05) is 0 Å². The zero-order valence-corrected chi connectivity index (χ0v) is 10.4. The van der Waals surface area contributed by atoms with Gasteiger partial charge in [-0.2, -0.15) is 0 Å². The number of rotatable bonds is 6. The summed E-state index contributed by atoms with van der Waals surface area (Å²) >= 11 is 3.81. The van der Waals surface area contributed by atoms with Gasteiger partial charge in [-0.1, -0.05) is 0 Å². The first-order chi connectivity index (χ1) is 8.54. The first kappa shape index (κ1) is 19.2. The number of isothiocyanates is 1. The van der Waals surface area contributed by atoms with Crippen molar-refractivity contribution in [1.29, 1.82) is 5.41 Å². The van der Waals surface area contributed by atoms with E-state index in [0.717, 1.165) is 6.92 Å². The van der Waals surface area contributed by atoms with Crippen LogP contribution in [0.2, 0.25) is 0 Å². The second-order valence-corrected chi connectivity index (χ2v) is 3.49. The molecule has 0 amide bonds. The van der Waals surface area contributed by atoms with Gasteiger partial charge in [0.1, 0.15) is 5.78 Å². The fourth-order valence-corrected chi connectivity index (χ4v) is 1.25. The maximum Gasteiger partial charge on any atom is 0.337 e.